The maximum absolute atomic E-state index is 11.9. The normalized spacial score (nSPS) is 12.2. The molecule has 18 heavy (non-hydrogen) atoms. The summed E-state index contributed by atoms with van der Waals surface area (Å²) < 4.78 is 0. The van der Waals surface area contributed by atoms with E-state index >= 15 is 0 Å². The number of nitro benzene ring substituents is 1. The Bertz CT molecular complexity index is 449. The van der Waals surface area contributed by atoms with E-state index in [9.17, 15) is 14.9 Å². The van der Waals surface area contributed by atoms with Crippen molar-refractivity contribution >= 4 is 27.5 Å². The van der Waals surface area contributed by atoms with Crippen LogP contribution in [0.25, 0.3) is 0 Å². The molecule has 0 aliphatic carbocycles. The Hall–Kier alpha value is -1.43. The molecule has 1 unspecified atom stereocenters. The number of non-ortho nitro benzene ring substituents is 1. The first-order valence-electron chi connectivity index (χ1n) is 5.57. The highest BCUT2D eigenvalue weighted by molar-refractivity contribution is 9.09. The predicted molar refractivity (Wildman–Crippen MR) is 73.0 cm³/mol. The number of benzene rings is 1. The molecule has 0 saturated carbocycles. The van der Waals surface area contributed by atoms with Gasteiger partial charge in [0.05, 0.1) is 4.92 Å². The first-order valence-corrected chi connectivity index (χ1v) is 6.69. The van der Waals surface area contributed by atoms with Crippen LogP contribution < -0.4 is 5.32 Å². The van der Waals surface area contributed by atoms with Crippen LogP contribution in [-0.4, -0.2) is 22.2 Å². The van der Waals surface area contributed by atoms with Gasteiger partial charge in [0.15, 0.2) is 0 Å². The molecule has 0 heterocycles. The molecule has 0 aliphatic rings. The van der Waals surface area contributed by atoms with Gasteiger partial charge in [0.1, 0.15) is 0 Å². The summed E-state index contributed by atoms with van der Waals surface area (Å²) in [7, 11) is 0. The summed E-state index contributed by atoms with van der Waals surface area (Å²) >= 11 is 3.33. The van der Waals surface area contributed by atoms with Crippen molar-refractivity contribution in [1.29, 1.82) is 0 Å². The molecular formula is C12H15BrN2O3. The number of rotatable bonds is 5. The Morgan fingerprint density at radius 2 is 2.17 bits per heavy atom. The van der Waals surface area contributed by atoms with Gasteiger partial charge in [-0.3, -0.25) is 14.9 Å². The van der Waals surface area contributed by atoms with Crippen molar-refractivity contribution < 1.29 is 9.72 Å². The van der Waals surface area contributed by atoms with Crippen LogP contribution in [0.15, 0.2) is 24.3 Å². The van der Waals surface area contributed by atoms with Crippen LogP contribution in [0, 0.1) is 16.0 Å². The van der Waals surface area contributed by atoms with Crippen molar-refractivity contribution in [2.24, 2.45) is 5.92 Å². The molecule has 0 bridgehead atoms. The Kier molecular flexibility index (Phi) is 5.27. The van der Waals surface area contributed by atoms with Crippen molar-refractivity contribution in [3.05, 3.63) is 39.9 Å². The molecule has 1 atom stereocenters. The molecule has 1 rings (SSSR count). The minimum Gasteiger partial charge on any atom is -0.348 e. The van der Waals surface area contributed by atoms with Crippen LogP contribution in [0.2, 0.25) is 0 Å². The second-order valence-electron chi connectivity index (χ2n) is 4.29. The van der Waals surface area contributed by atoms with Gasteiger partial charge in [-0.2, -0.15) is 0 Å². The van der Waals surface area contributed by atoms with Gasteiger partial charge in [0.2, 0.25) is 0 Å². The Morgan fingerprint density at radius 3 is 2.67 bits per heavy atom. The van der Waals surface area contributed by atoms with Gasteiger partial charge in [-0.05, 0) is 12.0 Å². The fraction of sp³-hybridized carbons (Fsp3) is 0.417. The third-order valence-electron chi connectivity index (χ3n) is 2.61. The number of carbonyl (C=O) groups excluding carboxylic acids is 1. The smallest absolute Gasteiger partial charge is 0.270 e. The van der Waals surface area contributed by atoms with Crippen LogP contribution >= 0.6 is 15.9 Å². The van der Waals surface area contributed by atoms with E-state index in [2.05, 4.69) is 21.2 Å². The van der Waals surface area contributed by atoms with E-state index in [1.54, 1.807) is 6.07 Å². The van der Waals surface area contributed by atoms with Crippen LogP contribution in [0.4, 0.5) is 5.69 Å². The lowest BCUT2D eigenvalue weighted by molar-refractivity contribution is -0.384. The minimum atomic E-state index is -0.513. The summed E-state index contributed by atoms with van der Waals surface area (Å²) in [5.41, 5.74) is 0.221. The monoisotopic (exact) mass is 314 g/mol. The maximum atomic E-state index is 11.9. The number of amides is 1. The summed E-state index contributed by atoms with van der Waals surface area (Å²) in [6.45, 7) is 4.00. The first-order chi connectivity index (χ1) is 8.45. The quantitative estimate of drug-likeness (QED) is 0.516. The predicted octanol–water partition coefficient (Wildman–Crippen LogP) is 2.74. The van der Waals surface area contributed by atoms with Crippen molar-refractivity contribution in [1.82, 2.24) is 5.32 Å². The summed E-state index contributed by atoms with van der Waals surface area (Å²) in [6, 6.07) is 5.71. The van der Waals surface area contributed by atoms with Crippen LogP contribution in [0.5, 0.6) is 0 Å². The molecule has 0 radical (unpaired) electrons. The molecule has 1 aromatic rings. The number of alkyl halides is 1. The zero-order chi connectivity index (χ0) is 13.7. The molecule has 0 saturated heterocycles. The van der Waals surface area contributed by atoms with Gasteiger partial charge in [-0.1, -0.05) is 35.8 Å². The molecule has 0 fully saturated rings. The molecule has 5 nitrogen and oxygen atoms in total. The van der Waals surface area contributed by atoms with Gasteiger partial charge in [-0.15, -0.1) is 0 Å². The third-order valence-corrected chi connectivity index (χ3v) is 3.30. The second kappa shape index (κ2) is 6.49. The molecule has 6 heteroatoms. The van der Waals surface area contributed by atoms with E-state index in [-0.39, 0.29) is 23.6 Å². The SMILES string of the molecule is CC(C)C(CBr)NC(=O)c1cccc([N+](=O)[O-])c1. The van der Waals surface area contributed by atoms with Gasteiger partial charge in [-0.25, -0.2) is 0 Å². The van der Waals surface area contributed by atoms with E-state index in [0.717, 1.165) is 0 Å². The minimum absolute atomic E-state index is 0.00300. The highest BCUT2D eigenvalue weighted by Gasteiger charge is 2.17. The van der Waals surface area contributed by atoms with Crippen molar-refractivity contribution in [2.75, 3.05) is 5.33 Å². The highest BCUT2D eigenvalue weighted by atomic mass is 79.9. The average Bonchev–Trinajstić information content (AvgIpc) is 2.35. The average molecular weight is 315 g/mol. The van der Waals surface area contributed by atoms with Gasteiger partial charge in [0.25, 0.3) is 11.6 Å². The molecule has 1 amide bonds. The standard InChI is InChI=1S/C12H15BrN2O3/c1-8(2)11(7-13)14-12(16)9-4-3-5-10(6-9)15(17)18/h3-6,8,11H,7H2,1-2H3,(H,14,16). The van der Waals surface area contributed by atoms with Gasteiger partial charge >= 0.3 is 0 Å². The zero-order valence-corrected chi connectivity index (χ0v) is 11.8. The van der Waals surface area contributed by atoms with E-state index in [1.165, 1.54) is 18.2 Å². The lowest BCUT2D eigenvalue weighted by Crippen LogP contribution is -2.39. The highest BCUT2D eigenvalue weighted by Crippen LogP contribution is 2.14. The van der Waals surface area contributed by atoms with E-state index in [0.29, 0.717) is 10.9 Å². The largest absolute Gasteiger partial charge is 0.348 e. The topological polar surface area (TPSA) is 72.2 Å². The molecule has 0 spiro atoms. The number of nitrogens with zero attached hydrogens (tertiary/aromatic N) is 1. The molecule has 1 N–H and O–H groups in total. The number of nitro groups is 1. The van der Waals surface area contributed by atoms with Crippen molar-refractivity contribution in [3.63, 3.8) is 0 Å². The van der Waals surface area contributed by atoms with Crippen LogP contribution in [0.3, 0.4) is 0 Å². The molecule has 98 valence electrons. The van der Waals surface area contributed by atoms with E-state index < -0.39 is 4.92 Å². The molecule has 0 aromatic heterocycles. The lowest BCUT2D eigenvalue weighted by atomic mass is 10.1. The summed E-state index contributed by atoms with van der Waals surface area (Å²) in [5, 5.41) is 14.1. The van der Waals surface area contributed by atoms with E-state index in [1.807, 2.05) is 13.8 Å². The Morgan fingerprint density at radius 1 is 1.50 bits per heavy atom. The Labute approximate surface area is 114 Å². The number of nitrogens with one attached hydrogen (secondary N) is 1. The van der Waals surface area contributed by atoms with E-state index in [4.69, 9.17) is 0 Å². The summed E-state index contributed by atoms with van der Waals surface area (Å²) in [6.07, 6.45) is 0. The number of halogens is 1. The van der Waals surface area contributed by atoms with Crippen LogP contribution in [-0.2, 0) is 0 Å². The lowest BCUT2D eigenvalue weighted by Gasteiger charge is -2.19. The second-order valence-corrected chi connectivity index (χ2v) is 4.93. The van der Waals surface area contributed by atoms with Crippen LogP contribution in [0.1, 0.15) is 24.2 Å². The zero-order valence-electron chi connectivity index (χ0n) is 10.2. The summed E-state index contributed by atoms with van der Waals surface area (Å²) in [5.74, 6) is -0.0103. The molecular weight excluding hydrogens is 300 g/mol. The molecule has 1 aromatic carbocycles. The maximum Gasteiger partial charge on any atom is 0.270 e. The first kappa shape index (κ1) is 14.6. The number of hydrogen-bond donors (Lipinski definition) is 1. The van der Waals surface area contributed by atoms with Gasteiger partial charge < -0.3 is 5.32 Å². The fourth-order valence-electron chi connectivity index (χ4n) is 1.40. The fourth-order valence-corrected chi connectivity index (χ4v) is 2.31. The number of hydrogen-bond acceptors (Lipinski definition) is 3. The number of carbonyl (C=O) groups is 1. The molecule has 0 aliphatic heterocycles. The van der Waals surface area contributed by atoms with Crippen molar-refractivity contribution in [3.8, 4) is 0 Å². The Balaban J connectivity index is 2.84. The van der Waals surface area contributed by atoms with Crippen molar-refractivity contribution in [2.45, 2.75) is 19.9 Å². The van der Waals surface area contributed by atoms with Gasteiger partial charge in [0, 0.05) is 29.1 Å². The summed E-state index contributed by atoms with van der Waals surface area (Å²) in [4.78, 5) is 22.1. The third kappa shape index (κ3) is 3.80.